The Morgan fingerprint density at radius 3 is 2.48 bits per heavy atom. The van der Waals surface area contributed by atoms with Crippen molar-refractivity contribution in [1.82, 2.24) is 0 Å². The Morgan fingerprint density at radius 1 is 1.24 bits per heavy atom. The first-order chi connectivity index (χ1) is 9.97. The van der Waals surface area contributed by atoms with E-state index in [1.165, 1.54) is 18.2 Å². The van der Waals surface area contributed by atoms with Crippen molar-refractivity contribution in [1.29, 1.82) is 0 Å². The molecule has 0 amide bonds. The van der Waals surface area contributed by atoms with Crippen LogP contribution in [0.2, 0.25) is 0 Å². The molecule has 2 aromatic rings. The van der Waals surface area contributed by atoms with Gasteiger partial charge < -0.3 is 10.4 Å². The van der Waals surface area contributed by atoms with Crippen LogP contribution in [0.1, 0.15) is 15.9 Å². The van der Waals surface area contributed by atoms with Gasteiger partial charge in [0, 0.05) is 23.2 Å². The molecular formula is C14H11BrN2O4. The fourth-order valence-electron chi connectivity index (χ4n) is 1.78. The molecule has 0 aliphatic carbocycles. The van der Waals surface area contributed by atoms with Gasteiger partial charge in [0.2, 0.25) is 0 Å². The van der Waals surface area contributed by atoms with E-state index < -0.39 is 10.9 Å². The van der Waals surface area contributed by atoms with Crippen LogP contribution in [0, 0.1) is 10.1 Å². The third-order valence-electron chi connectivity index (χ3n) is 2.84. The van der Waals surface area contributed by atoms with Crippen molar-refractivity contribution in [3.8, 4) is 0 Å². The Morgan fingerprint density at radius 2 is 1.90 bits per heavy atom. The normalized spacial score (nSPS) is 10.1. The molecule has 21 heavy (non-hydrogen) atoms. The van der Waals surface area contributed by atoms with E-state index in [4.69, 9.17) is 5.11 Å². The summed E-state index contributed by atoms with van der Waals surface area (Å²) in [5.41, 5.74) is 1.49. The van der Waals surface area contributed by atoms with Crippen molar-refractivity contribution in [2.75, 3.05) is 5.32 Å². The molecule has 0 heterocycles. The quantitative estimate of drug-likeness (QED) is 0.633. The molecule has 7 heteroatoms. The summed E-state index contributed by atoms with van der Waals surface area (Å²) in [6.45, 7) is 0.370. The van der Waals surface area contributed by atoms with Crippen LogP contribution < -0.4 is 5.32 Å². The fraction of sp³-hybridized carbons (Fsp3) is 0.0714. The van der Waals surface area contributed by atoms with Gasteiger partial charge in [0.15, 0.2) is 0 Å². The average molecular weight is 351 g/mol. The molecule has 0 aromatic heterocycles. The summed E-state index contributed by atoms with van der Waals surface area (Å²) < 4.78 is 0.763. The minimum atomic E-state index is -1.02. The molecule has 0 fully saturated rings. The predicted molar refractivity (Wildman–Crippen MR) is 81.5 cm³/mol. The van der Waals surface area contributed by atoms with Crippen LogP contribution in [0.5, 0.6) is 0 Å². The average Bonchev–Trinajstić information content (AvgIpc) is 2.45. The van der Waals surface area contributed by atoms with Crippen molar-refractivity contribution in [2.45, 2.75) is 6.54 Å². The van der Waals surface area contributed by atoms with Crippen molar-refractivity contribution < 1.29 is 14.8 Å². The van der Waals surface area contributed by atoms with E-state index in [0.717, 1.165) is 10.0 Å². The number of rotatable bonds is 5. The monoisotopic (exact) mass is 350 g/mol. The highest BCUT2D eigenvalue weighted by Gasteiger charge is 2.10. The summed E-state index contributed by atoms with van der Waals surface area (Å²) >= 11 is 3.29. The molecule has 0 bridgehead atoms. The van der Waals surface area contributed by atoms with Gasteiger partial charge in [-0.05, 0) is 23.8 Å². The highest BCUT2D eigenvalue weighted by molar-refractivity contribution is 9.10. The Bertz CT molecular complexity index is 686. The number of carbonyl (C=O) groups is 1. The number of hydrogen-bond acceptors (Lipinski definition) is 4. The van der Waals surface area contributed by atoms with Gasteiger partial charge in [-0.1, -0.05) is 28.1 Å². The molecule has 0 spiro atoms. The fourth-order valence-corrected chi connectivity index (χ4v) is 2.14. The van der Waals surface area contributed by atoms with Crippen LogP contribution in [-0.4, -0.2) is 16.0 Å². The van der Waals surface area contributed by atoms with Gasteiger partial charge >= 0.3 is 5.97 Å². The number of nitro benzene ring substituents is 1. The maximum Gasteiger partial charge on any atom is 0.337 e. The van der Waals surface area contributed by atoms with E-state index in [1.54, 1.807) is 24.3 Å². The minimum absolute atomic E-state index is 0.0208. The van der Waals surface area contributed by atoms with E-state index in [1.807, 2.05) is 0 Å². The number of aromatic carboxylic acids is 1. The van der Waals surface area contributed by atoms with Crippen molar-refractivity contribution in [2.24, 2.45) is 0 Å². The largest absolute Gasteiger partial charge is 0.478 e. The molecule has 2 aromatic carbocycles. The predicted octanol–water partition coefficient (Wildman–Crippen LogP) is 3.67. The SMILES string of the molecule is O=C(O)c1ccc(Br)cc1NCc1ccc([N+](=O)[O-])cc1. The first-order valence-corrected chi connectivity index (χ1v) is 6.76. The molecule has 0 radical (unpaired) electrons. The summed E-state index contributed by atoms with van der Waals surface area (Å²) in [7, 11) is 0. The van der Waals surface area contributed by atoms with Gasteiger partial charge in [0.25, 0.3) is 5.69 Å². The second-order valence-corrected chi connectivity index (χ2v) is 5.19. The number of nitro groups is 1. The van der Waals surface area contributed by atoms with Crippen LogP contribution in [0.15, 0.2) is 46.9 Å². The number of carboxylic acids is 1. The highest BCUT2D eigenvalue weighted by atomic mass is 79.9. The number of anilines is 1. The van der Waals surface area contributed by atoms with Crippen molar-refractivity contribution in [3.05, 3.63) is 68.2 Å². The van der Waals surface area contributed by atoms with E-state index in [2.05, 4.69) is 21.2 Å². The topological polar surface area (TPSA) is 92.5 Å². The summed E-state index contributed by atoms with van der Waals surface area (Å²) in [6.07, 6.45) is 0. The summed E-state index contributed by atoms with van der Waals surface area (Å²) in [5, 5.41) is 22.7. The molecule has 6 nitrogen and oxygen atoms in total. The Balaban J connectivity index is 2.14. The van der Waals surface area contributed by atoms with Crippen LogP contribution in [0.3, 0.4) is 0 Å². The Kier molecular flexibility index (Phi) is 4.54. The summed E-state index contributed by atoms with van der Waals surface area (Å²) in [6, 6.07) is 10.9. The molecule has 0 unspecified atom stereocenters. The smallest absolute Gasteiger partial charge is 0.337 e. The molecule has 0 aliphatic rings. The lowest BCUT2D eigenvalue weighted by Crippen LogP contribution is -2.06. The minimum Gasteiger partial charge on any atom is -0.478 e. The van der Waals surface area contributed by atoms with Gasteiger partial charge in [-0.2, -0.15) is 0 Å². The second kappa shape index (κ2) is 6.36. The Labute approximate surface area is 128 Å². The number of nitrogens with one attached hydrogen (secondary N) is 1. The van der Waals surface area contributed by atoms with E-state index in [-0.39, 0.29) is 11.3 Å². The maximum absolute atomic E-state index is 11.1. The lowest BCUT2D eigenvalue weighted by Gasteiger charge is -2.10. The van der Waals surface area contributed by atoms with Gasteiger partial charge in [-0.3, -0.25) is 10.1 Å². The molecule has 0 aliphatic heterocycles. The van der Waals surface area contributed by atoms with Gasteiger partial charge in [-0.25, -0.2) is 4.79 Å². The first-order valence-electron chi connectivity index (χ1n) is 5.97. The molecule has 0 atom stereocenters. The highest BCUT2D eigenvalue weighted by Crippen LogP contribution is 2.22. The molecule has 2 N–H and O–H groups in total. The third-order valence-corrected chi connectivity index (χ3v) is 3.34. The molecule has 0 saturated heterocycles. The molecule has 108 valence electrons. The van der Waals surface area contributed by atoms with E-state index >= 15 is 0 Å². The number of benzene rings is 2. The van der Waals surface area contributed by atoms with Crippen molar-refractivity contribution >= 4 is 33.3 Å². The van der Waals surface area contributed by atoms with Crippen LogP contribution in [-0.2, 0) is 6.54 Å². The van der Waals surface area contributed by atoms with Gasteiger partial charge in [0.05, 0.1) is 16.2 Å². The van der Waals surface area contributed by atoms with Crippen LogP contribution in [0.4, 0.5) is 11.4 Å². The first kappa shape index (κ1) is 15.0. The van der Waals surface area contributed by atoms with Crippen LogP contribution >= 0.6 is 15.9 Å². The summed E-state index contributed by atoms with van der Waals surface area (Å²) in [5.74, 6) is -1.02. The zero-order valence-electron chi connectivity index (χ0n) is 10.7. The number of carboxylic acid groups (broad SMARTS) is 1. The van der Waals surface area contributed by atoms with Crippen LogP contribution in [0.25, 0.3) is 0 Å². The zero-order valence-corrected chi connectivity index (χ0v) is 12.3. The maximum atomic E-state index is 11.1. The number of hydrogen-bond donors (Lipinski definition) is 2. The van der Waals surface area contributed by atoms with Gasteiger partial charge in [0.1, 0.15) is 0 Å². The number of halogens is 1. The van der Waals surface area contributed by atoms with E-state index in [9.17, 15) is 14.9 Å². The Hall–Kier alpha value is -2.41. The second-order valence-electron chi connectivity index (χ2n) is 4.27. The summed E-state index contributed by atoms with van der Waals surface area (Å²) in [4.78, 5) is 21.2. The number of nitrogens with zero attached hydrogens (tertiary/aromatic N) is 1. The molecule has 0 saturated carbocycles. The lowest BCUT2D eigenvalue weighted by molar-refractivity contribution is -0.384. The lowest BCUT2D eigenvalue weighted by atomic mass is 10.1. The standard InChI is InChI=1S/C14H11BrN2O4/c15-10-3-6-12(14(18)19)13(7-10)16-8-9-1-4-11(5-2-9)17(20)21/h1-7,16H,8H2,(H,18,19). The molecular weight excluding hydrogens is 340 g/mol. The van der Waals surface area contributed by atoms with E-state index in [0.29, 0.717) is 12.2 Å². The number of non-ortho nitro benzene ring substituents is 1. The zero-order chi connectivity index (χ0) is 15.4. The van der Waals surface area contributed by atoms with Crippen molar-refractivity contribution in [3.63, 3.8) is 0 Å². The third kappa shape index (κ3) is 3.79. The molecule has 2 rings (SSSR count). The van der Waals surface area contributed by atoms with Gasteiger partial charge in [-0.15, -0.1) is 0 Å².